The molecule has 0 saturated carbocycles. The van der Waals surface area contributed by atoms with E-state index in [0.717, 1.165) is 28.6 Å². The van der Waals surface area contributed by atoms with Crippen LogP contribution in [0.25, 0.3) is 21.5 Å². The normalized spacial score (nSPS) is 11.4. The number of pyridine rings is 1. The molecule has 3 aromatic carbocycles. The maximum absolute atomic E-state index is 13.0. The van der Waals surface area contributed by atoms with Gasteiger partial charge in [-0.15, -0.1) is 10.2 Å². The Morgan fingerprint density at radius 1 is 0.886 bits per heavy atom. The summed E-state index contributed by atoms with van der Waals surface area (Å²) in [7, 11) is 1.60. The van der Waals surface area contributed by atoms with E-state index in [1.807, 2.05) is 42.5 Å². The van der Waals surface area contributed by atoms with E-state index >= 15 is 0 Å². The van der Waals surface area contributed by atoms with Crippen molar-refractivity contribution < 1.29 is 22.6 Å². The van der Waals surface area contributed by atoms with Gasteiger partial charge >= 0.3 is 6.18 Å². The summed E-state index contributed by atoms with van der Waals surface area (Å²) in [6, 6.07) is 19.6. The zero-order valence-corrected chi connectivity index (χ0v) is 19.0. The number of aromatic nitrogens is 3. The molecule has 0 radical (unpaired) electrons. The number of alkyl halides is 3. The third-order valence-electron chi connectivity index (χ3n) is 5.08. The van der Waals surface area contributed by atoms with Crippen LogP contribution in [0.3, 0.4) is 0 Å². The van der Waals surface area contributed by atoms with E-state index in [1.54, 1.807) is 25.4 Å². The summed E-state index contributed by atoms with van der Waals surface area (Å²) >= 11 is 1.22. The van der Waals surface area contributed by atoms with Gasteiger partial charge in [-0.25, -0.2) is 0 Å². The number of hydrogen-bond acceptors (Lipinski definition) is 7. The Bertz CT molecular complexity index is 1500. The van der Waals surface area contributed by atoms with Crippen molar-refractivity contribution in [1.29, 1.82) is 0 Å². The molecule has 0 unspecified atom stereocenters. The first-order valence-electron chi connectivity index (χ1n) is 10.4. The van der Waals surface area contributed by atoms with Crippen molar-refractivity contribution in [2.75, 3.05) is 12.4 Å². The Morgan fingerprint density at radius 3 is 2.57 bits per heavy atom. The number of rotatable bonds is 6. The predicted octanol–water partition coefficient (Wildman–Crippen LogP) is 7.32. The molecule has 6 nitrogen and oxygen atoms in total. The minimum atomic E-state index is -4.42. The third kappa shape index (κ3) is 5.02. The molecule has 0 atom stereocenters. The SMILES string of the molecule is COc1ccc2c(Oc3cccc(-c4nnc(Nc5cccc(C(F)(F)F)c5)s4)c3)ccnc2c1. The average molecular weight is 494 g/mol. The van der Waals surface area contributed by atoms with Crippen LogP contribution < -0.4 is 14.8 Å². The molecule has 10 heteroatoms. The van der Waals surface area contributed by atoms with Crippen LogP contribution in [0.1, 0.15) is 5.56 Å². The molecule has 1 N–H and O–H groups in total. The number of ether oxygens (including phenoxy) is 2. The number of methoxy groups -OCH3 is 1. The summed E-state index contributed by atoms with van der Waals surface area (Å²) < 4.78 is 50.3. The second-order valence-electron chi connectivity index (χ2n) is 7.44. The van der Waals surface area contributed by atoms with Crippen LogP contribution in [0.5, 0.6) is 17.2 Å². The van der Waals surface area contributed by atoms with E-state index in [0.29, 0.717) is 27.4 Å². The van der Waals surface area contributed by atoms with E-state index < -0.39 is 11.7 Å². The van der Waals surface area contributed by atoms with Gasteiger partial charge in [0.05, 0.1) is 18.2 Å². The summed E-state index contributed by atoms with van der Waals surface area (Å²) in [6.45, 7) is 0. The monoisotopic (exact) mass is 494 g/mol. The van der Waals surface area contributed by atoms with E-state index in [2.05, 4.69) is 20.5 Å². The average Bonchev–Trinajstić information content (AvgIpc) is 3.32. The topological polar surface area (TPSA) is 69.2 Å². The van der Waals surface area contributed by atoms with Crippen molar-refractivity contribution >= 4 is 33.1 Å². The van der Waals surface area contributed by atoms with Gasteiger partial charge in [-0.2, -0.15) is 13.2 Å². The van der Waals surface area contributed by atoms with Gasteiger partial charge in [0, 0.05) is 28.9 Å². The van der Waals surface area contributed by atoms with Gasteiger partial charge in [0.2, 0.25) is 5.13 Å². The van der Waals surface area contributed by atoms with Crippen LogP contribution in [-0.2, 0) is 6.18 Å². The molecule has 0 spiro atoms. The first-order valence-corrected chi connectivity index (χ1v) is 11.2. The summed E-state index contributed by atoms with van der Waals surface area (Å²) in [5.41, 5.74) is 1.05. The van der Waals surface area contributed by atoms with E-state index in [1.165, 1.54) is 17.4 Å². The second-order valence-corrected chi connectivity index (χ2v) is 8.42. The molecule has 0 fully saturated rings. The summed E-state index contributed by atoms with van der Waals surface area (Å²) in [4.78, 5) is 4.37. The lowest BCUT2D eigenvalue weighted by atomic mass is 10.2. The zero-order valence-electron chi connectivity index (χ0n) is 18.2. The number of fused-ring (bicyclic) bond motifs is 1. The third-order valence-corrected chi connectivity index (χ3v) is 5.97. The fraction of sp³-hybridized carbons (Fsp3) is 0.0800. The van der Waals surface area contributed by atoms with Crippen LogP contribution in [0, 0.1) is 0 Å². The van der Waals surface area contributed by atoms with Crippen molar-refractivity contribution in [1.82, 2.24) is 15.2 Å². The zero-order chi connectivity index (χ0) is 24.4. The van der Waals surface area contributed by atoms with E-state index in [4.69, 9.17) is 9.47 Å². The molecular weight excluding hydrogens is 477 g/mol. The van der Waals surface area contributed by atoms with Gasteiger partial charge in [0.1, 0.15) is 22.3 Å². The van der Waals surface area contributed by atoms with Gasteiger partial charge in [-0.3, -0.25) is 4.98 Å². The minimum absolute atomic E-state index is 0.279. The second kappa shape index (κ2) is 9.22. The first kappa shape index (κ1) is 22.6. The van der Waals surface area contributed by atoms with E-state index in [9.17, 15) is 13.2 Å². The van der Waals surface area contributed by atoms with Crippen molar-refractivity contribution in [2.45, 2.75) is 6.18 Å². The highest BCUT2D eigenvalue weighted by molar-refractivity contribution is 7.18. The van der Waals surface area contributed by atoms with Crippen LogP contribution in [0.4, 0.5) is 24.0 Å². The first-order chi connectivity index (χ1) is 16.9. The molecule has 2 aromatic heterocycles. The Kier molecular flexibility index (Phi) is 5.96. The molecule has 0 aliphatic rings. The summed E-state index contributed by atoms with van der Waals surface area (Å²) in [5.74, 6) is 1.93. The van der Waals surface area contributed by atoms with Crippen molar-refractivity contribution in [3.63, 3.8) is 0 Å². The van der Waals surface area contributed by atoms with E-state index in [-0.39, 0.29) is 5.69 Å². The quantitative estimate of drug-likeness (QED) is 0.267. The maximum Gasteiger partial charge on any atom is 0.416 e. The number of benzene rings is 3. The molecule has 0 aliphatic carbocycles. The number of anilines is 2. The molecule has 176 valence electrons. The molecule has 2 heterocycles. The Labute approximate surface area is 202 Å². The van der Waals surface area contributed by atoms with Crippen molar-refractivity contribution in [2.24, 2.45) is 0 Å². The lowest BCUT2D eigenvalue weighted by molar-refractivity contribution is -0.137. The molecule has 0 saturated heterocycles. The van der Waals surface area contributed by atoms with Gasteiger partial charge in [-0.05, 0) is 48.5 Å². The largest absolute Gasteiger partial charge is 0.497 e. The van der Waals surface area contributed by atoms with Gasteiger partial charge in [0.25, 0.3) is 0 Å². The molecule has 5 rings (SSSR count). The van der Waals surface area contributed by atoms with Crippen LogP contribution >= 0.6 is 11.3 Å². The highest BCUT2D eigenvalue weighted by Gasteiger charge is 2.30. The Morgan fingerprint density at radius 2 is 1.74 bits per heavy atom. The fourth-order valence-corrected chi connectivity index (χ4v) is 4.18. The number of hydrogen-bond donors (Lipinski definition) is 1. The molecule has 5 aromatic rings. The number of nitrogens with one attached hydrogen (secondary N) is 1. The molecule has 0 bridgehead atoms. The van der Waals surface area contributed by atoms with Gasteiger partial charge in [-0.1, -0.05) is 29.5 Å². The molecule has 0 amide bonds. The summed E-state index contributed by atoms with van der Waals surface area (Å²) in [5, 5.41) is 12.9. The smallest absolute Gasteiger partial charge is 0.416 e. The Balaban J connectivity index is 1.36. The number of nitrogens with zero attached hydrogens (tertiary/aromatic N) is 3. The van der Waals surface area contributed by atoms with Crippen molar-refractivity contribution in [3.8, 4) is 27.8 Å². The minimum Gasteiger partial charge on any atom is -0.497 e. The van der Waals surface area contributed by atoms with Gasteiger partial charge < -0.3 is 14.8 Å². The van der Waals surface area contributed by atoms with Crippen LogP contribution in [0.2, 0.25) is 0 Å². The van der Waals surface area contributed by atoms with Crippen LogP contribution in [-0.4, -0.2) is 22.3 Å². The lowest BCUT2D eigenvalue weighted by Crippen LogP contribution is -2.05. The maximum atomic E-state index is 13.0. The van der Waals surface area contributed by atoms with Gasteiger partial charge in [0.15, 0.2) is 0 Å². The number of halogens is 3. The Hall–Kier alpha value is -4.18. The van der Waals surface area contributed by atoms with Crippen molar-refractivity contribution in [3.05, 3.63) is 84.6 Å². The lowest BCUT2D eigenvalue weighted by Gasteiger charge is -2.10. The highest BCUT2D eigenvalue weighted by Crippen LogP contribution is 2.35. The molecule has 0 aliphatic heterocycles. The fourth-order valence-electron chi connectivity index (χ4n) is 3.42. The highest BCUT2D eigenvalue weighted by atomic mass is 32.1. The standard InChI is InChI=1S/C25H17F3N4O2S/c1-33-18-8-9-20-21(14-18)29-11-10-22(20)34-19-7-2-4-15(12-19)23-31-32-24(35-23)30-17-6-3-5-16(13-17)25(26,27)28/h2-14H,1H3,(H,30,32). The summed E-state index contributed by atoms with van der Waals surface area (Å²) in [6.07, 6.45) is -2.76. The van der Waals surface area contributed by atoms with Crippen LogP contribution in [0.15, 0.2) is 79.0 Å². The molecular formula is C25H17F3N4O2S. The predicted molar refractivity (Wildman–Crippen MR) is 128 cm³/mol. The molecule has 35 heavy (non-hydrogen) atoms.